The molecular formula is C11H11N4O5+. The molecule has 2 aromatic heterocycles. The molecule has 2 rings (SSSR count). The summed E-state index contributed by atoms with van der Waals surface area (Å²) >= 11 is 0. The molecule has 104 valence electrons. The van der Waals surface area contributed by atoms with E-state index in [1.807, 2.05) is 0 Å². The Morgan fingerprint density at radius 3 is 2.90 bits per heavy atom. The maximum Gasteiger partial charge on any atom is 0.340 e. The molecule has 0 aromatic carbocycles. The van der Waals surface area contributed by atoms with Gasteiger partial charge in [-0.15, -0.1) is 0 Å². The Labute approximate surface area is 112 Å². The topological polar surface area (TPSA) is 121 Å². The van der Waals surface area contributed by atoms with Crippen LogP contribution in [0.1, 0.15) is 26.5 Å². The van der Waals surface area contributed by atoms with Crippen LogP contribution in [0.5, 0.6) is 0 Å². The van der Waals surface area contributed by atoms with Crippen molar-refractivity contribution in [2.24, 2.45) is 5.73 Å². The van der Waals surface area contributed by atoms with Crippen molar-refractivity contribution in [1.82, 2.24) is 10.1 Å². The summed E-state index contributed by atoms with van der Waals surface area (Å²) in [4.78, 5) is 32.2. The van der Waals surface area contributed by atoms with Crippen LogP contribution < -0.4 is 15.5 Å². The van der Waals surface area contributed by atoms with Crippen molar-refractivity contribution in [2.45, 2.75) is 6.61 Å². The van der Waals surface area contributed by atoms with Gasteiger partial charge in [0.1, 0.15) is 12.0 Å². The lowest BCUT2D eigenvalue weighted by molar-refractivity contribution is -1.02. The summed E-state index contributed by atoms with van der Waals surface area (Å²) < 4.78 is 9.67. The van der Waals surface area contributed by atoms with Gasteiger partial charge in [0.25, 0.3) is 5.69 Å². The van der Waals surface area contributed by atoms with E-state index in [9.17, 15) is 9.59 Å². The monoisotopic (exact) mass is 279 g/mol. The first-order valence-electron chi connectivity index (χ1n) is 5.46. The number of aromatic nitrogens is 3. The van der Waals surface area contributed by atoms with Crippen LogP contribution in [0.3, 0.4) is 0 Å². The maximum absolute atomic E-state index is 11.7. The molecule has 2 aromatic rings. The quantitative estimate of drug-likeness (QED) is 0.687. The zero-order valence-electron chi connectivity index (χ0n) is 10.5. The average Bonchev–Trinajstić information content (AvgIpc) is 2.88. The summed E-state index contributed by atoms with van der Waals surface area (Å²) in [5.41, 5.74) is 5.36. The number of carbonyl (C=O) groups excluding carboxylic acids is 2. The predicted molar refractivity (Wildman–Crippen MR) is 61.1 cm³/mol. The molecule has 0 saturated heterocycles. The van der Waals surface area contributed by atoms with Gasteiger partial charge in [0, 0.05) is 12.4 Å². The molecule has 0 bridgehead atoms. The standard InChI is InChI=1S/C11H10N4O5/c1-18-15-9(10(12)16)8(14-20-15)6-19-11(17)7-3-2-4-13-5-7/h2-5H,6H2,1H3,(H-,12,16)/p+1. The molecule has 0 unspecified atom stereocenters. The van der Waals surface area contributed by atoms with Gasteiger partial charge in [-0.2, -0.15) is 0 Å². The second-order valence-electron chi connectivity index (χ2n) is 3.59. The number of carbonyl (C=O) groups is 2. The van der Waals surface area contributed by atoms with E-state index in [0.29, 0.717) is 0 Å². The first-order valence-corrected chi connectivity index (χ1v) is 5.46. The Bertz CT molecular complexity index is 625. The van der Waals surface area contributed by atoms with Crippen LogP contribution in [0.15, 0.2) is 29.2 Å². The number of ether oxygens (including phenoxy) is 1. The lowest BCUT2D eigenvalue weighted by Crippen LogP contribution is -2.45. The van der Waals surface area contributed by atoms with Crippen molar-refractivity contribution in [1.29, 1.82) is 0 Å². The van der Waals surface area contributed by atoms with E-state index in [4.69, 9.17) is 15.3 Å². The summed E-state index contributed by atoms with van der Waals surface area (Å²) in [6, 6.07) is 3.14. The summed E-state index contributed by atoms with van der Waals surface area (Å²) in [7, 11) is 1.27. The van der Waals surface area contributed by atoms with Crippen molar-refractivity contribution in [2.75, 3.05) is 7.11 Å². The van der Waals surface area contributed by atoms with E-state index in [2.05, 4.69) is 14.8 Å². The summed E-state index contributed by atoms with van der Waals surface area (Å²) in [5.74, 6) is -1.43. The van der Waals surface area contributed by atoms with Crippen LogP contribution in [0.2, 0.25) is 0 Å². The lowest BCUT2D eigenvalue weighted by Gasteiger charge is -2.00. The number of amides is 1. The van der Waals surface area contributed by atoms with E-state index in [0.717, 1.165) is 4.90 Å². The summed E-state index contributed by atoms with van der Waals surface area (Å²) in [6.07, 6.45) is 2.89. The van der Waals surface area contributed by atoms with Gasteiger partial charge in [0.05, 0.1) is 5.56 Å². The summed E-state index contributed by atoms with van der Waals surface area (Å²) in [5, 5.41) is 3.54. The number of esters is 1. The first kappa shape index (κ1) is 13.5. The van der Waals surface area contributed by atoms with Crippen molar-refractivity contribution in [3.05, 3.63) is 41.5 Å². The minimum atomic E-state index is -0.819. The number of hydrogen-bond donors (Lipinski definition) is 1. The van der Waals surface area contributed by atoms with Gasteiger partial charge < -0.3 is 15.3 Å². The third-order valence-corrected chi connectivity index (χ3v) is 2.32. The highest BCUT2D eigenvalue weighted by Gasteiger charge is 2.31. The molecule has 1 amide bonds. The second-order valence-corrected chi connectivity index (χ2v) is 3.59. The Kier molecular flexibility index (Phi) is 3.89. The van der Waals surface area contributed by atoms with Gasteiger partial charge in [-0.05, 0) is 16.8 Å². The Morgan fingerprint density at radius 1 is 1.50 bits per heavy atom. The lowest BCUT2D eigenvalue weighted by atomic mass is 10.3. The van der Waals surface area contributed by atoms with Crippen LogP contribution in [-0.4, -0.2) is 29.1 Å². The SMILES string of the molecule is CO[n+]1onc(COC(=O)c2cccnc2)c1C(N)=O. The third kappa shape index (κ3) is 2.71. The van der Waals surface area contributed by atoms with Crippen LogP contribution in [0, 0.1) is 0 Å². The molecule has 9 nitrogen and oxygen atoms in total. The fourth-order valence-corrected chi connectivity index (χ4v) is 1.43. The Hall–Kier alpha value is -2.97. The highest BCUT2D eigenvalue weighted by atomic mass is 16.9. The number of nitrogens with zero attached hydrogens (tertiary/aromatic N) is 3. The molecule has 20 heavy (non-hydrogen) atoms. The second kappa shape index (κ2) is 5.78. The minimum absolute atomic E-state index is 0.0524. The van der Waals surface area contributed by atoms with Gasteiger partial charge in [-0.1, -0.05) is 0 Å². The van der Waals surface area contributed by atoms with Gasteiger partial charge in [0.15, 0.2) is 11.8 Å². The van der Waals surface area contributed by atoms with Crippen LogP contribution in [0.25, 0.3) is 0 Å². The molecule has 0 aliphatic carbocycles. The smallest absolute Gasteiger partial charge is 0.340 e. The molecule has 2 heterocycles. The maximum atomic E-state index is 11.7. The minimum Gasteiger partial charge on any atom is -0.453 e. The van der Waals surface area contributed by atoms with E-state index in [1.54, 1.807) is 12.1 Å². The number of primary amides is 1. The Balaban J connectivity index is 2.10. The molecule has 0 spiro atoms. The first-order chi connectivity index (χ1) is 9.63. The highest BCUT2D eigenvalue weighted by Crippen LogP contribution is 2.05. The van der Waals surface area contributed by atoms with Gasteiger partial charge in [0.2, 0.25) is 0 Å². The average molecular weight is 279 g/mol. The Morgan fingerprint density at radius 2 is 2.30 bits per heavy atom. The summed E-state index contributed by atoms with van der Waals surface area (Å²) in [6.45, 7) is -0.286. The number of rotatable bonds is 5. The molecule has 0 saturated carbocycles. The number of hydrogen-bond acceptors (Lipinski definition) is 7. The third-order valence-electron chi connectivity index (χ3n) is 2.32. The number of pyridine rings is 1. The molecule has 0 fully saturated rings. The predicted octanol–water partition coefficient (Wildman–Crippen LogP) is -1.13. The van der Waals surface area contributed by atoms with Crippen molar-refractivity contribution >= 4 is 11.9 Å². The molecule has 0 aliphatic heterocycles. The van der Waals surface area contributed by atoms with Gasteiger partial charge >= 0.3 is 17.6 Å². The zero-order chi connectivity index (χ0) is 14.5. The molecule has 2 N–H and O–H groups in total. The van der Waals surface area contributed by atoms with E-state index in [-0.39, 0.29) is 23.6 Å². The van der Waals surface area contributed by atoms with Crippen LogP contribution in [-0.2, 0) is 11.3 Å². The van der Waals surface area contributed by atoms with Crippen molar-refractivity contribution in [3.63, 3.8) is 0 Å². The van der Waals surface area contributed by atoms with E-state index in [1.165, 1.54) is 19.5 Å². The molecule has 0 aliphatic rings. The normalized spacial score (nSPS) is 10.1. The molecule has 0 atom stereocenters. The molecule has 9 heteroatoms. The van der Waals surface area contributed by atoms with E-state index < -0.39 is 11.9 Å². The fraction of sp³-hybridized carbons (Fsp3) is 0.182. The van der Waals surface area contributed by atoms with E-state index >= 15 is 0 Å². The zero-order valence-corrected chi connectivity index (χ0v) is 10.5. The highest BCUT2D eigenvalue weighted by molar-refractivity contribution is 5.91. The van der Waals surface area contributed by atoms with Crippen molar-refractivity contribution < 1.29 is 28.7 Å². The number of nitrogens with two attached hydrogens (primary N) is 1. The molecular weight excluding hydrogens is 268 g/mol. The van der Waals surface area contributed by atoms with Crippen LogP contribution >= 0.6 is 0 Å². The van der Waals surface area contributed by atoms with Crippen LogP contribution in [0.4, 0.5) is 0 Å². The largest absolute Gasteiger partial charge is 0.453 e. The van der Waals surface area contributed by atoms with Gasteiger partial charge in [-0.3, -0.25) is 9.78 Å². The molecule has 0 radical (unpaired) electrons. The van der Waals surface area contributed by atoms with Gasteiger partial charge in [-0.25, -0.2) is 4.79 Å². The van der Waals surface area contributed by atoms with Crippen molar-refractivity contribution in [3.8, 4) is 0 Å². The fourth-order valence-electron chi connectivity index (χ4n) is 1.43.